The summed E-state index contributed by atoms with van der Waals surface area (Å²) in [4.78, 5) is 11.8. The summed E-state index contributed by atoms with van der Waals surface area (Å²) in [5, 5.41) is 3.71. The van der Waals surface area contributed by atoms with E-state index >= 15 is 0 Å². The lowest BCUT2D eigenvalue weighted by Gasteiger charge is -2.27. The molecular weight excluding hydrogens is 270 g/mol. The first-order valence-corrected chi connectivity index (χ1v) is 6.05. The lowest BCUT2D eigenvalue weighted by molar-refractivity contribution is -0.118. The van der Waals surface area contributed by atoms with Crippen molar-refractivity contribution in [1.29, 1.82) is 0 Å². The molecule has 1 aromatic rings. The van der Waals surface area contributed by atoms with Gasteiger partial charge in [0.05, 0.1) is 5.69 Å². The molecule has 1 aliphatic heterocycles. The molecular formula is C11H14BrN3O. The van der Waals surface area contributed by atoms with E-state index in [0.717, 1.165) is 16.7 Å². The normalized spacial score (nSPS) is 17.1. The van der Waals surface area contributed by atoms with E-state index in [4.69, 9.17) is 5.73 Å². The molecule has 1 saturated heterocycles. The number of nitrogens with two attached hydrogens (primary N) is 1. The quantitative estimate of drug-likeness (QED) is 0.911. The highest BCUT2D eigenvalue weighted by atomic mass is 79.9. The Morgan fingerprint density at radius 1 is 1.44 bits per heavy atom. The van der Waals surface area contributed by atoms with Crippen LogP contribution in [0.2, 0.25) is 0 Å². The predicted octanol–water partition coefficient (Wildman–Crippen LogP) is 1.36. The van der Waals surface area contributed by atoms with Crippen molar-refractivity contribution in [2.24, 2.45) is 5.73 Å². The van der Waals surface area contributed by atoms with Gasteiger partial charge in [-0.05, 0) is 18.2 Å². The second-order valence-corrected chi connectivity index (χ2v) is 4.59. The Hall–Kier alpha value is -0.910. The van der Waals surface area contributed by atoms with E-state index in [1.807, 2.05) is 29.3 Å². The molecule has 86 valence electrons. The first kappa shape index (κ1) is 11.6. The number of carbonyl (C=O) groups excluding carboxylic acids is 1. The number of hydrogen-bond acceptors (Lipinski definition) is 3. The number of benzene rings is 1. The van der Waals surface area contributed by atoms with Gasteiger partial charge in [-0.25, -0.2) is 10.0 Å². The minimum atomic E-state index is 0.131. The number of hydrazine groups is 1. The Kier molecular flexibility index (Phi) is 3.58. The molecule has 1 aliphatic rings. The summed E-state index contributed by atoms with van der Waals surface area (Å²) >= 11 is 3.41. The molecule has 2 N–H and O–H groups in total. The van der Waals surface area contributed by atoms with Crippen LogP contribution in [0.15, 0.2) is 28.7 Å². The monoisotopic (exact) mass is 283 g/mol. The summed E-state index contributed by atoms with van der Waals surface area (Å²) in [6.07, 6.45) is 0.562. The SMILES string of the molecule is NCCN1CCC(=O)N1c1cccc(Br)c1. The largest absolute Gasteiger partial charge is 0.329 e. The van der Waals surface area contributed by atoms with Crippen LogP contribution in [-0.2, 0) is 4.79 Å². The van der Waals surface area contributed by atoms with E-state index in [-0.39, 0.29) is 5.91 Å². The molecule has 0 saturated carbocycles. The smallest absolute Gasteiger partial charge is 0.242 e. The molecule has 5 heteroatoms. The van der Waals surface area contributed by atoms with Gasteiger partial charge in [0.25, 0.3) is 0 Å². The maximum absolute atomic E-state index is 11.8. The topological polar surface area (TPSA) is 49.6 Å². The van der Waals surface area contributed by atoms with Gasteiger partial charge < -0.3 is 5.73 Å². The molecule has 1 heterocycles. The van der Waals surface area contributed by atoms with Crippen LogP contribution in [0.5, 0.6) is 0 Å². The van der Waals surface area contributed by atoms with Gasteiger partial charge in [-0.15, -0.1) is 0 Å². The summed E-state index contributed by atoms with van der Waals surface area (Å²) in [7, 11) is 0. The summed E-state index contributed by atoms with van der Waals surface area (Å²) < 4.78 is 0.970. The minimum absolute atomic E-state index is 0.131. The van der Waals surface area contributed by atoms with Crippen LogP contribution in [0.4, 0.5) is 5.69 Å². The third-order valence-electron chi connectivity index (χ3n) is 2.54. The third kappa shape index (κ3) is 2.26. The van der Waals surface area contributed by atoms with Gasteiger partial charge in [-0.3, -0.25) is 4.79 Å². The van der Waals surface area contributed by atoms with E-state index in [1.54, 1.807) is 5.01 Å². The van der Waals surface area contributed by atoms with E-state index in [1.165, 1.54) is 0 Å². The van der Waals surface area contributed by atoms with Crippen molar-refractivity contribution in [3.05, 3.63) is 28.7 Å². The number of rotatable bonds is 3. The van der Waals surface area contributed by atoms with E-state index < -0.39 is 0 Å². The summed E-state index contributed by atoms with van der Waals surface area (Å²) in [5.74, 6) is 0.131. The Balaban J connectivity index is 2.26. The van der Waals surface area contributed by atoms with Gasteiger partial charge in [-0.2, -0.15) is 0 Å². The van der Waals surface area contributed by atoms with Crippen LogP contribution in [0.1, 0.15) is 6.42 Å². The molecule has 0 bridgehead atoms. The van der Waals surface area contributed by atoms with E-state index in [0.29, 0.717) is 19.5 Å². The van der Waals surface area contributed by atoms with Crippen molar-refractivity contribution in [3.63, 3.8) is 0 Å². The summed E-state index contributed by atoms with van der Waals surface area (Å²) in [5.41, 5.74) is 6.43. The van der Waals surface area contributed by atoms with Crippen molar-refractivity contribution in [2.45, 2.75) is 6.42 Å². The van der Waals surface area contributed by atoms with Crippen LogP contribution in [0, 0.1) is 0 Å². The molecule has 0 atom stereocenters. The molecule has 4 nitrogen and oxygen atoms in total. The second kappa shape index (κ2) is 4.95. The fourth-order valence-electron chi connectivity index (χ4n) is 1.86. The second-order valence-electron chi connectivity index (χ2n) is 3.68. The number of nitrogens with zero attached hydrogens (tertiary/aromatic N) is 2. The molecule has 0 aromatic heterocycles. The number of carbonyl (C=O) groups is 1. The highest BCUT2D eigenvalue weighted by molar-refractivity contribution is 9.10. The number of anilines is 1. The van der Waals surface area contributed by atoms with Gasteiger partial charge in [0.1, 0.15) is 0 Å². The zero-order valence-corrected chi connectivity index (χ0v) is 10.5. The third-order valence-corrected chi connectivity index (χ3v) is 3.04. The fraction of sp³-hybridized carbons (Fsp3) is 0.364. The number of amides is 1. The van der Waals surface area contributed by atoms with Gasteiger partial charge in [0.15, 0.2) is 0 Å². The first-order chi connectivity index (χ1) is 7.72. The van der Waals surface area contributed by atoms with Crippen LogP contribution >= 0.6 is 15.9 Å². The Morgan fingerprint density at radius 3 is 2.94 bits per heavy atom. The average Bonchev–Trinajstić information content (AvgIpc) is 2.60. The predicted molar refractivity (Wildman–Crippen MR) is 66.9 cm³/mol. The van der Waals surface area contributed by atoms with Crippen molar-refractivity contribution < 1.29 is 4.79 Å². The van der Waals surface area contributed by atoms with Crippen LogP contribution in [-0.4, -0.2) is 30.6 Å². The van der Waals surface area contributed by atoms with Crippen LogP contribution < -0.4 is 10.7 Å². The fourth-order valence-corrected chi connectivity index (χ4v) is 2.25. The van der Waals surface area contributed by atoms with Gasteiger partial charge in [0.2, 0.25) is 5.91 Å². The van der Waals surface area contributed by atoms with Crippen molar-refractivity contribution >= 4 is 27.5 Å². The van der Waals surface area contributed by atoms with Crippen LogP contribution in [0.3, 0.4) is 0 Å². The van der Waals surface area contributed by atoms with Crippen molar-refractivity contribution in [2.75, 3.05) is 24.6 Å². The molecule has 0 spiro atoms. The van der Waals surface area contributed by atoms with Gasteiger partial charge in [-0.1, -0.05) is 22.0 Å². The Bertz CT molecular complexity index is 397. The number of hydrogen-bond donors (Lipinski definition) is 1. The number of halogens is 1. The Labute approximate surface area is 103 Å². The molecule has 1 amide bonds. The van der Waals surface area contributed by atoms with Crippen molar-refractivity contribution in [3.8, 4) is 0 Å². The molecule has 1 fully saturated rings. The van der Waals surface area contributed by atoms with Gasteiger partial charge in [0, 0.05) is 30.5 Å². The molecule has 1 aromatic carbocycles. The summed E-state index contributed by atoms with van der Waals surface area (Å²) in [6.45, 7) is 2.01. The van der Waals surface area contributed by atoms with Crippen molar-refractivity contribution in [1.82, 2.24) is 5.01 Å². The van der Waals surface area contributed by atoms with Gasteiger partial charge >= 0.3 is 0 Å². The Morgan fingerprint density at radius 2 is 2.25 bits per heavy atom. The minimum Gasteiger partial charge on any atom is -0.329 e. The molecule has 0 unspecified atom stereocenters. The van der Waals surface area contributed by atoms with E-state index in [9.17, 15) is 4.79 Å². The zero-order chi connectivity index (χ0) is 11.5. The maximum atomic E-state index is 11.8. The van der Waals surface area contributed by atoms with E-state index in [2.05, 4.69) is 15.9 Å². The molecule has 2 rings (SSSR count). The lowest BCUT2D eigenvalue weighted by atomic mass is 10.3. The average molecular weight is 284 g/mol. The zero-order valence-electron chi connectivity index (χ0n) is 8.90. The first-order valence-electron chi connectivity index (χ1n) is 5.26. The lowest BCUT2D eigenvalue weighted by Crippen LogP contribution is -2.41. The molecule has 0 radical (unpaired) electrons. The molecule has 0 aliphatic carbocycles. The standard InChI is InChI=1S/C11H14BrN3O/c12-9-2-1-3-10(8-9)15-11(16)4-6-14(15)7-5-13/h1-3,8H,4-7,13H2. The maximum Gasteiger partial charge on any atom is 0.242 e. The highest BCUT2D eigenvalue weighted by Gasteiger charge is 2.29. The molecule has 16 heavy (non-hydrogen) atoms. The highest BCUT2D eigenvalue weighted by Crippen LogP contribution is 2.25. The van der Waals surface area contributed by atoms with Crippen LogP contribution in [0.25, 0.3) is 0 Å². The summed E-state index contributed by atoms with van der Waals surface area (Å²) in [6, 6.07) is 7.73.